The zero-order valence-electron chi connectivity index (χ0n) is 15.9. The predicted octanol–water partition coefficient (Wildman–Crippen LogP) is 5.05. The molecule has 144 valence electrons. The van der Waals surface area contributed by atoms with E-state index in [1.807, 2.05) is 18.2 Å². The molecule has 0 saturated carbocycles. The molecule has 2 rings (SSSR count). The van der Waals surface area contributed by atoms with Crippen LogP contribution in [0.25, 0.3) is 6.08 Å². The Labute approximate surface area is 164 Å². The number of carbonyl (C=O) groups is 1. The molecule has 6 heteroatoms. The second-order valence-electron chi connectivity index (χ2n) is 7.65. The Bertz CT molecular complexity index is 666. The Morgan fingerprint density at radius 2 is 2.12 bits per heavy atom. The molecule has 0 aliphatic carbocycles. The van der Waals surface area contributed by atoms with Crippen molar-refractivity contribution in [2.75, 3.05) is 26.9 Å². The molecule has 0 bridgehead atoms. The van der Waals surface area contributed by atoms with Gasteiger partial charge in [-0.15, -0.1) is 0 Å². The van der Waals surface area contributed by atoms with E-state index in [1.54, 1.807) is 12.0 Å². The number of piperidine rings is 1. The number of hydrogen-bond acceptors (Lipinski definition) is 3. The first-order valence-electron chi connectivity index (χ1n) is 8.82. The number of nitrogens with zero attached hydrogens (tertiary/aromatic N) is 1. The van der Waals surface area contributed by atoms with Gasteiger partial charge in [0, 0.05) is 19.7 Å². The van der Waals surface area contributed by atoms with Crippen LogP contribution in [0.2, 0.25) is 0 Å². The number of hydrogen-bond donors (Lipinski definition) is 1. The summed E-state index contributed by atoms with van der Waals surface area (Å²) < 4.78 is 11.7. The maximum absolute atomic E-state index is 11.6. The van der Waals surface area contributed by atoms with E-state index in [0.29, 0.717) is 19.8 Å². The van der Waals surface area contributed by atoms with Gasteiger partial charge in [-0.2, -0.15) is 0 Å². The maximum Gasteiger partial charge on any atom is 0.407 e. The van der Waals surface area contributed by atoms with Crippen LogP contribution in [0.3, 0.4) is 0 Å². The molecule has 1 atom stereocenters. The lowest BCUT2D eigenvalue weighted by Crippen LogP contribution is -2.50. The molecular weight excluding hydrogens is 398 g/mol. The van der Waals surface area contributed by atoms with Crippen molar-refractivity contribution in [3.05, 3.63) is 33.8 Å². The van der Waals surface area contributed by atoms with Gasteiger partial charge in [0.25, 0.3) is 0 Å². The normalized spacial score (nSPS) is 19.7. The van der Waals surface area contributed by atoms with Gasteiger partial charge in [-0.25, -0.2) is 4.79 Å². The number of amides is 1. The van der Waals surface area contributed by atoms with Crippen LogP contribution < -0.4 is 4.74 Å². The summed E-state index contributed by atoms with van der Waals surface area (Å²) in [5.41, 5.74) is 2.23. The largest absolute Gasteiger partial charge is 0.490 e. The van der Waals surface area contributed by atoms with Gasteiger partial charge in [0.1, 0.15) is 12.4 Å². The van der Waals surface area contributed by atoms with Gasteiger partial charge in [0.15, 0.2) is 0 Å². The van der Waals surface area contributed by atoms with Crippen molar-refractivity contribution in [1.82, 2.24) is 4.90 Å². The lowest BCUT2D eigenvalue weighted by molar-refractivity contribution is 0.0724. The molecule has 1 saturated heterocycles. The van der Waals surface area contributed by atoms with Gasteiger partial charge < -0.3 is 19.5 Å². The summed E-state index contributed by atoms with van der Waals surface area (Å²) in [7, 11) is 1.65. The highest BCUT2D eigenvalue weighted by molar-refractivity contribution is 9.10. The monoisotopic (exact) mass is 425 g/mol. The first-order chi connectivity index (χ1) is 12.2. The molecule has 0 radical (unpaired) electrons. The first kappa shape index (κ1) is 20.8. The minimum Gasteiger partial charge on any atom is -0.490 e. The van der Waals surface area contributed by atoms with E-state index in [9.17, 15) is 9.90 Å². The number of methoxy groups -OCH3 is 1. The molecule has 1 aliphatic rings. The number of likely N-dealkylation sites (tertiary alicyclic amines) is 1. The van der Waals surface area contributed by atoms with Gasteiger partial charge in [-0.1, -0.05) is 38.5 Å². The highest BCUT2D eigenvalue weighted by Crippen LogP contribution is 2.35. The molecule has 1 unspecified atom stereocenters. The molecule has 5 nitrogen and oxygen atoms in total. The van der Waals surface area contributed by atoms with E-state index < -0.39 is 6.09 Å². The molecular formula is C20H28BrNO4. The predicted molar refractivity (Wildman–Crippen MR) is 107 cm³/mol. The van der Waals surface area contributed by atoms with E-state index in [1.165, 1.54) is 5.57 Å². The van der Waals surface area contributed by atoms with Crippen molar-refractivity contribution in [3.63, 3.8) is 0 Å². The van der Waals surface area contributed by atoms with Crippen molar-refractivity contribution in [2.24, 2.45) is 5.41 Å². The summed E-state index contributed by atoms with van der Waals surface area (Å²) in [5, 5.41) is 9.49. The summed E-state index contributed by atoms with van der Waals surface area (Å²) in [5.74, 6) is 0.784. The van der Waals surface area contributed by atoms with Crippen molar-refractivity contribution >= 4 is 28.1 Å². The number of carboxylic acid groups (broad SMARTS) is 1. The summed E-state index contributed by atoms with van der Waals surface area (Å²) in [6.07, 6.45) is 2.84. The SMILES string of the molecule is COCCOc1cc(C=C2CCN(C(=O)O)C(C(C)(C)C)C2)ccc1Br. The maximum atomic E-state index is 11.6. The topological polar surface area (TPSA) is 59.0 Å². The molecule has 26 heavy (non-hydrogen) atoms. The van der Waals surface area contributed by atoms with E-state index in [0.717, 1.165) is 28.6 Å². The van der Waals surface area contributed by atoms with Gasteiger partial charge in [0.05, 0.1) is 11.1 Å². The van der Waals surface area contributed by atoms with Gasteiger partial charge >= 0.3 is 6.09 Å². The molecule has 0 aromatic heterocycles. The molecule has 1 aromatic rings. The fraction of sp³-hybridized carbons (Fsp3) is 0.550. The second kappa shape index (κ2) is 8.91. The highest BCUT2D eigenvalue weighted by Gasteiger charge is 2.36. The zero-order chi connectivity index (χ0) is 19.3. The molecule has 1 N–H and O–H groups in total. The van der Waals surface area contributed by atoms with Crippen LogP contribution in [0, 0.1) is 5.41 Å². The van der Waals surface area contributed by atoms with Crippen molar-refractivity contribution < 1.29 is 19.4 Å². The van der Waals surface area contributed by atoms with Crippen LogP contribution in [-0.2, 0) is 4.74 Å². The molecule has 1 aromatic carbocycles. The lowest BCUT2D eigenvalue weighted by Gasteiger charge is -2.42. The number of rotatable bonds is 5. The molecule has 1 fully saturated rings. The van der Waals surface area contributed by atoms with Crippen molar-refractivity contribution in [1.29, 1.82) is 0 Å². The van der Waals surface area contributed by atoms with Crippen LogP contribution >= 0.6 is 15.9 Å². The third-order valence-corrected chi connectivity index (χ3v) is 5.28. The van der Waals surface area contributed by atoms with Gasteiger partial charge in [-0.05, 0) is 51.9 Å². The summed E-state index contributed by atoms with van der Waals surface area (Å²) >= 11 is 3.51. The Morgan fingerprint density at radius 3 is 2.73 bits per heavy atom. The Balaban J connectivity index is 2.19. The van der Waals surface area contributed by atoms with Crippen molar-refractivity contribution in [2.45, 2.75) is 39.7 Å². The third-order valence-electron chi connectivity index (χ3n) is 4.62. The third kappa shape index (κ3) is 5.48. The van der Waals surface area contributed by atoms with E-state index in [-0.39, 0.29) is 11.5 Å². The minimum absolute atomic E-state index is 0.0205. The smallest absolute Gasteiger partial charge is 0.407 e. The number of benzene rings is 1. The molecule has 0 spiro atoms. The molecule has 1 heterocycles. The number of halogens is 1. The average molecular weight is 426 g/mol. The first-order valence-corrected chi connectivity index (χ1v) is 9.62. The highest BCUT2D eigenvalue weighted by atomic mass is 79.9. The van der Waals surface area contributed by atoms with Gasteiger partial charge in [-0.3, -0.25) is 0 Å². The zero-order valence-corrected chi connectivity index (χ0v) is 17.5. The fourth-order valence-corrected chi connectivity index (χ4v) is 3.57. The quantitative estimate of drug-likeness (QED) is 0.670. The summed E-state index contributed by atoms with van der Waals surface area (Å²) in [4.78, 5) is 13.1. The van der Waals surface area contributed by atoms with Crippen LogP contribution in [0.15, 0.2) is 28.2 Å². The lowest BCUT2D eigenvalue weighted by atomic mass is 9.79. The summed E-state index contributed by atoms with van der Waals surface area (Å²) in [6, 6.07) is 5.99. The van der Waals surface area contributed by atoms with Crippen molar-refractivity contribution in [3.8, 4) is 5.75 Å². The average Bonchev–Trinajstić information content (AvgIpc) is 2.57. The van der Waals surface area contributed by atoms with E-state index in [2.05, 4.69) is 42.8 Å². The van der Waals surface area contributed by atoms with E-state index >= 15 is 0 Å². The van der Waals surface area contributed by atoms with Crippen LogP contribution in [0.5, 0.6) is 5.75 Å². The van der Waals surface area contributed by atoms with Crippen LogP contribution in [-0.4, -0.2) is 49.0 Å². The Morgan fingerprint density at radius 1 is 1.38 bits per heavy atom. The second-order valence-corrected chi connectivity index (χ2v) is 8.50. The molecule has 1 amide bonds. The van der Waals surface area contributed by atoms with E-state index in [4.69, 9.17) is 9.47 Å². The minimum atomic E-state index is -0.832. The van der Waals surface area contributed by atoms with Crippen LogP contribution in [0.4, 0.5) is 4.79 Å². The number of ether oxygens (including phenoxy) is 2. The summed E-state index contributed by atoms with van der Waals surface area (Å²) in [6.45, 7) is 7.86. The van der Waals surface area contributed by atoms with Gasteiger partial charge in [0.2, 0.25) is 0 Å². The Hall–Kier alpha value is -1.53. The van der Waals surface area contributed by atoms with Crippen LogP contribution in [0.1, 0.15) is 39.2 Å². The standard InChI is InChI=1S/C20H28BrNO4/c1-20(2,3)18-13-15(7-8-22(18)19(23)24)11-14-5-6-16(21)17(12-14)26-10-9-25-4/h5-6,11-12,18H,7-10,13H2,1-4H3,(H,23,24). The molecule has 1 aliphatic heterocycles. The fourth-order valence-electron chi connectivity index (χ4n) is 3.21. The Kier molecular flexibility index (Phi) is 7.12.